The molecule has 1 unspecified atom stereocenters. The fourth-order valence-electron chi connectivity index (χ4n) is 2.00. The van der Waals surface area contributed by atoms with Crippen LogP contribution in [0, 0.1) is 13.8 Å². The van der Waals surface area contributed by atoms with E-state index in [9.17, 15) is 0 Å². The van der Waals surface area contributed by atoms with E-state index in [1.165, 1.54) is 29.5 Å². The number of hydrogen-bond donors (Lipinski definition) is 1. The summed E-state index contributed by atoms with van der Waals surface area (Å²) in [6.07, 6.45) is 2.71. The molecule has 1 aliphatic rings. The highest BCUT2D eigenvalue weighted by Gasteiger charge is 2.23. The third-order valence-electron chi connectivity index (χ3n) is 2.95. The molecule has 1 heteroatoms. The van der Waals surface area contributed by atoms with E-state index in [2.05, 4.69) is 44.3 Å². The van der Waals surface area contributed by atoms with Crippen LogP contribution < -0.4 is 5.32 Å². The molecule has 0 bridgehead atoms. The van der Waals surface area contributed by atoms with Crippen molar-refractivity contribution in [3.63, 3.8) is 0 Å². The first-order valence-corrected chi connectivity index (χ1v) is 5.50. The van der Waals surface area contributed by atoms with Crippen molar-refractivity contribution in [3.05, 3.63) is 34.9 Å². The molecule has 1 aromatic carbocycles. The van der Waals surface area contributed by atoms with Gasteiger partial charge in [-0.1, -0.05) is 23.8 Å². The largest absolute Gasteiger partial charge is 0.307 e. The van der Waals surface area contributed by atoms with E-state index in [-0.39, 0.29) is 0 Å². The molecular formula is C13H19N. The van der Waals surface area contributed by atoms with Crippen molar-refractivity contribution in [2.75, 3.05) is 0 Å². The molecule has 1 atom stereocenters. The Kier molecular flexibility index (Phi) is 2.60. The molecule has 0 spiro atoms. The smallest absolute Gasteiger partial charge is 0.0296 e. The van der Waals surface area contributed by atoms with Gasteiger partial charge >= 0.3 is 0 Å². The molecule has 0 amide bonds. The Labute approximate surface area is 86.5 Å². The van der Waals surface area contributed by atoms with Gasteiger partial charge in [0.25, 0.3) is 0 Å². The molecule has 1 nitrogen and oxygen atoms in total. The van der Waals surface area contributed by atoms with Crippen LogP contribution >= 0.6 is 0 Å². The molecule has 0 heterocycles. The second-order valence-corrected chi connectivity index (χ2v) is 4.52. The van der Waals surface area contributed by atoms with Crippen molar-refractivity contribution < 1.29 is 0 Å². The molecule has 0 radical (unpaired) electrons. The van der Waals surface area contributed by atoms with Crippen molar-refractivity contribution in [2.24, 2.45) is 0 Å². The normalized spacial score (nSPS) is 18.2. The van der Waals surface area contributed by atoms with Gasteiger partial charge in [0.05, 0.1) is 0 Å². The van der Waals surface area contributed by atoms with E-state index in [0.29, 0.717) is 6.04 Å². The predicted octanol–water partition coefficient (Wildman–Crippen LogP) is 3.12. The van der Waals surface area contributed by atoms with Crippen LogP contribution in [0.15, 0.2) is 18.2 Å². The Balaban J connectivity index is 2.13. The van der Waals surface area contributed by atoms with Crippen molar-refractivity contribution >= 4 is 0 Å². The van der Waals surface area contributed by atoms with E-state index in [1.54, 1.807) is 0 Å². The average molecular weight is 189 g/mol. The topological polar surface area (TPSA) is 12.0 Å². The maximum absolute atomic E-state index is 3.63. The average Bonchev–Trinajstić information content (AvgIpc) is 2.87. The summed E-state index contributed by atoms with van der Waals surface area (Å²) < 4.78 is 0. The Hall–Kier alpha value is -0.820. The first-order chi connectivity index (χ1) is 6.66. The Morgan fingerprint density at radius 1 is 1.29 bits per heavy atom. The van der Waals surface area contributed by atoms with Crippen LogP contribution in [0.25, 0.3) is 0 Å². The third-order valence-corrected chi connectivity index (χ3v) is 2.95. The molecule has 1 aromatic rings. The second kappa shape index (κ2) is 3.74. The lowest BCUT2D eigenvalue weighted by atomic mass is 10.0. The minimum Gasteiger partial charge on any atom is -0.307 e. The number of benzene rings is 1. The molecule has 1 fully saturated rings. The van der Waals surface area contributed by atoms with E-state index in [1.807, 2.05) is 0 Å². The quantitative estimate of drug-likeness (QED) is 0.770. The summed E-state index contributed by atoms with van der Waals surface area (Å²) in [5.41, 5.74) is 4.21. The maximum Gasteiger partial charge on any atom is 0.0296 e. The zero-order chi connectivity index (χ0) is 10.1. The monoisotopic (exact) mass is 189 g/mol. The Bertz CT molecular complexity index is 326. The van der Waals surface area contributed by atoms with E-state index in [0.717, 1.165) is 6.04 Å². The lowest BCUT2D eigenvalue weighted by molar-refractivity contribution is 0.568. The number of aryl methyl sites for hydroxylation is 2. The first kappa shape index (κ1) is 9.72. The zero-order valence-corrected chi connectivity index (χ0v) is 9.30. The van der Waals surface area contributed by atoms with Gasteiger partial charge in [0.2, 0.25) is 0 Å². The summed E-state index contributed by atoms with van der Waals surface area (Å²) in [6, 6.07) is 8.01. The van der Waals surface area contributed by atoms with Gasteiger partial charge in [0.1, 0.15) is 0 Å². The highest BCUT2D eigenvalue weighted by Crippen LogP contribution is 2.25. The summed E-state index contributed by atoms with van der Waals surface area (Å²) in [7, 11) is 0. The molecule has 2 rings (SSSR count). The summed E-state index contributed by atoms with van der Waals surface area (Å²) in [5.74, 6) is 0. The van der Waals surface area contributed by atoms with Crippen LogP contribution in [0.3, 0.4) is 0 Å². The van der Waals surface area contributed by atoms with Gasteiger partial charge in [-0.2, -0.15) is 0 Å². The van der Waals surface area contributed by atoms with Crippen molar-refractivity contribution in [1.29, 1.82) is 0 Å². The van der Waals surface area contributed by atoms with Crippen LogP contribution in [0.4, 0.5) is 0 Å². The van der Waals surface area contributed by atoms with E-state index >= 15 is 0 Å². The summed E-state index contributed by atoms with van der Waals surface area (Å²) in [5, 5.41) is 3.63. The fourth-order valence-corrected chi connectivity index (χ4v) is 2.00. The molecule has 0 saturated heterocycles. The van der Waals surface area contributed by atoms with Gasteiger partial charge in [-0.25, -0.2) is 0 Å². The van der Waals surface area contributed by atoms with Gasteiger partial charge in [-0.05, 0) is 44.7 Å². The van der Waals surface area contributed by atoms with Gasteiger partial charge in [-0.15, -0.1) is 0 Å². The molecule has 0 aromatic heterocycles. The fraction of sp³-hybridized carbons (Fsp3) is 0.538. The maximum atomic E-state index is 3.63. The van der Waals surface area contributed by atoms with Crippen molar-refractivity contribution in [1.82, 2.24) is 5.32 Å². The van der Waals surface area contributed by atoms with Gasteiger partial charge < -0.3 is 5.32 Å². The van der Waals surface area contributed by atoms with Gasteiger partial charge in [-0.3, -0.25) is 0 Å². The predicted molar refractivity (Wildman–Crippen MR) is 60.5 cm³/mol. The third kappa shape index (κ3) is 2.16. The van der Waals surface area contributed by atoms with Gasteiger partial charge in [0.15, 0.2) is 0 Å². The highest BCUT2D eigenvalue weighted by molar-refractivity contribution is 5.32. The van der Waals surface area contributed by atoms with E-state index in [4.69, 9.17) is 0 Å². The van der Waals surface area contributed by atoms with Crippen LogP contribution in [-0.2, 0) is 0 Å². The van der Waals surface area contributed by atoms with Crippen LogP contribution in [0.1, 0.15) is 42.5 Å². The minimum atomic E-state index is 0.503. The Morgan fingerprint density at radius 3 is 2.57 bits per heavy atom. The molecule has 76 valence electrons. The molecule has 0 aliphatic heterocycles. The number of hydrogen-bond acceptors (Lipinski definition) is 1. The van der Waals surface area contributed by atoms with Crippen LogP contribution in [-0.4, -0.2) is 6.04 Å². The van der Waals surface area contributed by atoms with Crippen LogP contribution in [0.2, 0.25) is 0 Å². The Morgan fingerprint density at radius 2 is 2.00 bits per heavy atom. The first-order valence-electron chi connectivity index (χ1n) is 5.50. The summed E-state index contributed by atoms with van der Waals surface area (Å²) >= 11 is 0. The molecule has 1 aliphatic carbocycles. The summed E-state index contributed by atoms with van der Waals surface area (Å²) in [6.45, 7) is 6.61. The van der Waals surface area contributed by atoms with Crippen molar-refractivity contribution in [2.45, 2.75) is 45.7 Å². The van der Waals surface area contributed by atoms with Crippen LogP contribution in [0.5, 0.6) is 0 Å². The second-order valence-electron chi connectivity index (χ2n) is 4.52. The lowest BCUT2D eigenvalue weighted by Crippen LogP contribution is -2.21. The number of nitrogens with one attached hydrogen (secondary N) is 1. The highest BCUT2D eigenvalue weighted by atomic mass is 15.0. The zero-order valence-electron chi connectivity index (χ0n) is 9.30. The SMILES string of the molecule is Cc1ccc(C(C)NC2CC2)c(C)c1. The van der Waals surface area contributed by atoms with Gasteiger partial charge in [0, 0.05) is 12.1 Å². The standard InChI is InChI=1S/C13H19N/c1-9-4-7-13(10(2)8-9)11(3)14-12-5-6-12/h4,7-8,11-12,14H,5-6H2,1-3H3. The molecular weight excluding hydrogens is 170 g/mol. The minimum absolute atomic E-state index is 0.503. The molecule has 1 saturated carbocycles. The summed E-state index contributed by atoms with van der Waals surface area (Å²) in [4.78, 5) is 0. The lowest BCUT2D eigenvalue weighted by Gasteiger charge is -2.16. The molecule has 1 N–H and O–H groups in total. The molecule has 14 heavy (non-hydrogen) atoms. The number of rotatable bonds is 3. The van der Waals surface area contributed by atoms with Crippen molar-refractivity contribution in [3.8, 4) is 0 Å². The van der Waals surface area contributed by atoms with E-state index < -0.39 is 0 Å².